The van der Waals surface area contributed by atoms with Crippen LogP contribution < -0.4 is 4.72 Å². The van der Waals surface area contributed by atoms with Crippen LogP contribution in [0, 0.1) is 17.0 Å². The Kier molecular flexibility index (Phi) is 5.84. The highest BCUT2D eigenvalue weighted by molar-refractivity contribution is 7.88. The minimum absolute atomic E-state index is 0.107. The van der Waals surface area contributed by atoms with Gasteiger partial charge < -0.3 is 0 Å². The Hall–Kier alpha value is -3.71. The van der Waals surface area contributed by atoms with E-state index in [0.29, 0.717) is 18.2 Å². The summed E-state index contributed by atoms with van der Waals surface area (Å²) in [6, 6.07) is 7.39. The lowest BCUT2D eigenvalue weighted by atomic mass is 9.66. The fourth-order valence-electron chi connectivity index (χ4n) is 6.31. The Labute approximate surface area is 224 Å². The zero-order chi connectivity index (χ0) is 27.6. The summed E-state index contributed by atoms with van der Waals surface area (Å²) in [5.74, 6) is -0.482. The van der Waals surface area contributed by atoms with E-state index in [1.807, 2.05) is 6.07 Å². The Morgan fingerprint density at radius 3 is 2.64 bits per heavy atom. The van der Waals surface area contributed by atoms with E-state index in [2.05, 4.69) is 43.8 Å². The van der Waals surface area contributed by atoms with Gasteiger partial charge in [-0.25, -0.2) is 36.9 Å². The van der Waals surface area contributed by atoms with Crippen LogP contribution in [0.5, 0.6) is 0 Å². The molecule has 1 fully saturated rings. The number of benzene rings is 1. The Morgan fingerprint density at radius 1 is 1.13 bits per heavy atom. The van der Waals surface area contributed by atoms with Crippen LogP contribution in [0.3, 0.4) is 0 Å². The van der Waals surface area contributed by atoms with Crippen LogP contribution in [0.25, 0.3) is 17.2 Å². The second kappa shape index (κ2) is 8.91. The van der Waals surface area contributed by atoms with Gasteiger partial charge in [0.15, 0.2) is 5.82 Å². The summed E-state index contributed by atoms with van der Waals surface area (Å²) in [6.45, 7) is 4.51. The summed E-state index contributed by atoms with van der Waals surface area (Å²) in [5.41, 5.74) is 1.57. The highest BCUT2D eigenvalue weighted by Gasteiger charge is 2.65. The first-order chi connectivity index (χ1) is 18.5. The molecule has 0 unspecified atom stereocenters. The molecule has 2 aliphatic rings. The Morgan fingerprint density at radius 2 is 1.90 bits per heavy atom. The molecule has 4 aromatic rings. The predicted molar refractivity (Wildman–Crippen MR) is 137 cm³/mol. The summed E-state index contributed by atoms with van der Waals surface area (Å²) < 4.78 is 55.6. The van der Waals surface area contributed by atoms with Gasteiger partial charge in [-0.2, -0.15) is 9.78 Å². The lowest BCUT2D eigenvalue weighted by molar-refractivity contribution is 0.242. The normalized spacial score (nSPS) is 21.3. The largest absolute Gasteiger partial charge is 0.252 e. The molecule has 3 aromatic heterocycles. The van der Waals surface area contributed by atoms with E-state index in [4.69, 9.17) is 4.98 Å². The minimum Gasteiger partial charge on any atom is -0.220 e. The van der Waals surface area contributed by atoms with Crippen LogP contribution in [-0.4, -0.2) is 56.1 Å². The summed E-state index contributed by atoms with van der Waals surface area (Å²) >= 11 is 0. The molecule has 0 radical (unpaired) electrons. The van der Waals surface area contributed by atoms with Gasteiger partial charge in [-0.3, -0.25) is 0 Å². The van der Waals surface area contributed by atoms with Crippen molar-refractivity contribution in [2.75, 3.05) is 12.8 Å². The van der Waals surface area contributed by atoms with Crippen LogP contribution in [0.2, 0.25) is 0 Å². The third-order valence-corrected chi connectivity index (χ3v) is 8.87. The molecule has 0 aliphatic heterocycles. The minimum atomic E-state index is -3.30. The molecule has 2 atom stereocenters. The molecule has 1 saturated carbocycles. The SMILES string of the molecule is CC1(C)[C@H]2CC[C@]1(c1ccnc(-n3cnc(CCNS(C)(=O)=O)n3)n1)c1nnc(-c3c(F)cccc3F)cc12. The molecule has 10 nitrogen and oxygen atoms in total. The Bertz CT molecular complexity index is 1690. The van der Waals surface area contributed by atoms with Crippen LogP contribution in [-0.2, 0) is 21.9 Å². The Balaban J connectivity index is 1.37. The van der Waals surface area contributed by atoms with E-state index in [1.165, 1.54) is 29.2 Å². The van der Waals surface area contributed by atoms with Gasteiger partial charge in [-0.1, -0.05) is 19.9 Å². The zero-order valence-corrected chi connectivity index (χ0v) is 22.4. The monoisotopic (exact) mass is 552 g/mol. The second-order valence-corrected chi connectivity index (χ2v) is 12.4. The number of rotatable bonds is 7. The smallest absolute Gasteiger partial charge is 0.220 e. The number of hydrogen-bond donors (Lipinski definition) is 1. The van der Waals surface area contributed by atoms with Crippen molar-refractivity contribution in [1.82, 2.24) is 39.7 Å². The summed E-state index contributed by atoms with van der Waals surface area (Å²) in [6.07, 6.45) is 6.22. The first kappa shape index (κ1) is 25.6. The quantitative estimate of drug-likeness (QED) is 0.371. The third kappa shape index (κ3) is 4.02. The lowest BCUT2D eigenvalue weighted by Gasteiger charge is -2.37. The molecule has 0 saturated heterocycles. The molecule has 39 heavy (non-hydrogen) atoms. The van der Waals surface area contributed by atoms with Gasteiger partial charge in [0.2, 0.25) is 10.0 Å². The summed E-state index contributed by atoms with van der Waals surface area (Å²) in [5, 5.41) is 13.3. The van der Waals surface area contributed by atoms with E-state index in [1.54, 1.807) is 12.3 Å². The molecular formula is C26H26F2N8O2S. The van der Waals surface area contributed by atoms with E-state index in [0.717, 1.165) is 36.0 Å². The molecule has 0 spiro atoms. The highest BCUT2D eigenvalue weighted by Crippen LogP contribution is 2.69. The second-order valence-electron chi connectivity index (χ2n) is 10.6. The van der Waals surface area contributed by atoms with Crippen molar-refractivity contribution in [1.29, 1.82) is 0 Å². The number of aromatic nitrogens is 7. The number of fused-ring (bicyclic) bond motifs is 5. The van der Waals surface area contributed by atoms with Crippen molar-refractivity contribution in [2.24, 2.45) is 5.41 Å². The fraction of sp³-hybridized carbons (Fsp3) is 0.385. The van der Waals surface area contributed by atoms with Crippen LogP contribution >= 0.6 is 0 Å². The first-order valence-corrected chi connectivity index (χ1v) is 14.4. The topological polar surface area (TPSA) is 128 Å². The van der Waals surface area contributed by atoms with E-state index < -0.39 is 27.1 Å². The number of nitrogens with one attached hydrogen (secondary N) is 1. The molecule has 2 bridgehead atoms. The van der Waals surface area contributed by atoms with E-state index in [-0.39, 0.29) is 29.1 Å². The third-order valence-electron chi connectivity index (χ3n) is 8.14. The van der Waals surface area contributed by atoms with Crippen molar-refractivity contribution in [3.63, 3.8) is 0 Å². The van der Waals surface area contributed by atoms with Crippen LogP contribution in [0.15, 0.2) is 42.9 Å². The molecule has 0 amide bonds. The average Bonchev–Trinajstić information content (AvgIpc) is 3.51. The fourth-order valence-corrected chi connectivity index (χ4v) is 6.78. The molecule has 6 rings (SSSR count). The number of sulfonamides is 1. The molecule has 1 aromatic carbocycles. The molecule has 1 N–H and O–H groups in total. The summed E-state index contributed by atoms with van der Waals surface area (Å²) in [7, 11) is -3.30. The zero-order valence-electron chi connectivity index (χ0n) is 21.6. The predicted octanol–water partition coefficient (Wildman–Crippen LogP) is 3.09. The van der Waals surface area contributed by atoms with Crippen molar-refractivity contribution >= 4 is 10.0 Å². The van der Waals surface area contributed by atoms with Gasteiger partial charge in [0.1, 0.15) is 18.0 Å². The maximum atomic E-state index is 14.5. The van der Waals surface area contributed by atoms with Gasteiger partial charge in [-0.05, 0) is 54.0 Å². The lowest BCUT2D eigenvalue weighted by Crippen LogP contribution is -2.38. The number of nitrogens with zero attached hydrogens (tertiary/aromatic N) is 7. The average molecular weight is 553 g/mol. The maximum Gasteiger partial charge on any atom is 0.252 e. The highest BCUT2D eigenvalue weighted by atomic mass is 32.2. The first-order valence-electron chi connectivity index (χ1n) is 12.5. The van der Waals surface area contributed by atoms with Crippen LogP contribution in [0.1, 0.15) is 55.4 Å². The van der Waals surface area contributed by atoms with E-state index >= 15 is 0 Å². The van der Waals surface area contributed by atoms with Crippen molar-refractivity contribution < 1.29 is 17.2 Å². The molecular weight excluding hydrogens is 526 g/mol. The van der Waals surface area contributed by atoms with Gasteiger partial charge in [0.05, 0.1) is 34.3 Å². The van der Waals surface area contributed by atoms with E-state index in [9.17, 15) is 17.2 Å². The number of hydrogen-bond acceptors (Lipinski definition) is 8. The van der Waals surface area contributed by atoms with Gasteiger partial charge in [0.25, 0.3) is 5.95 Å². The number of halogens is 2. The molecule has 3 heterocycles. The maximum absolute atomic E-state index is 14.5. The standard InChI is InChI=1S/C26H26F2N8O2S/c1-25(2)16-7-10-26(25,23-15(16)13-19(33-34-23)22-17(27)5-4-6-18(22)28)20-8-11-29-24(32-20)36-14-30-21(35-36)9-12-31-39(3,37)38/h4-6,8,11,13-14,16,31H,7,9-10,12H2,1-3H3/t16-,26-/m0/s1. The summed E-state index contributed by atoms with van der Waals surface area (Å²) in [4.78, 5) is 13.5. The van der Waals surface area contributed by atoms with Crippen molar-refractivity contribution in [3.05, 3.63) is 77.3 Å². The van der Waals surface area contributed by atoms with Gasteiger partial charge in [-0.15, -0.1) is 10.2 Å². The van der Waals surface area contributed by atoms with Gasteiger partial charge in [0, 0.05) is 19.2 Å². The molecule has 13 heteroatoms. The van der Waals surface area contributed by atoms with Crippen LogP contribution in [0.4, 0.5) is 8.78 Å². The van der Waals surface area contributed by atoms with Crippen molar-refractivity contribution in [3.8, 4) is 17.2 Å². The molecule has 202 valence electrons. The van der Waals surface area contributed by atoms with Gasteiger partial charge >= 0.3 is 0 Å². The van der Waals surface area contributed by atoms with Crippen molar-refractivity contribution in [2.45, 2.75) is 44.4 Å². The molecule has 2 aliphatic carbocycles.